The summed E-state index contributed by atoms with van der Waals surface area (Å²) in [4.78, 5) is 8.81. The van der Waals surface area contributed by atoms with Gasteiger partial charge in [0.15, 0.2) is 5.15 Å². The van der Waals surface area contributed by atoms with Crippen molar-refractivity contribution in [3.8, 4) is 11.3 Å². The first-order chi connectivity index (χ1) is 10.2. The van der Waals surface area contributed by atoms with E-state index in [0.29, 0.717) is 28.1 Å². The lowest BCUT2D eigenvalue weighted by Crippen LogP contribution is -1.89. The number of nitrogens with zero attached hydrogens (tertiary/aromatic N) is 2. The second-order valence-electron chi connectivity index (χ2n) is 4.62. The fourth-order valence-electron chi connectivity index (χ4n) is 2.29. The van der Waals surface area contributed by atoms with Crippen LogP contribution in [-0.2, 0) is 0 Å². The van der Waals surface area contributed by atoms with Gasteiger partial charge in [-0.05, 0) is 36.4 Å². The molecule has 0 fully saturated rings. The average Bonchev–Trinajstić information content (AvgIpc) is 2.85. The Balaban J connectivity index is 2.00. The van der Waals surface area contributed by atoms with Crippen LogP contribution in [0.15, 0.2) is 52.9 Å². The summed E-state index contributed by atoms with van der Waals surface area (Å²) in [5.41, 5.74) is 2.92. The van der Waals surface area contributed by atoms with Gasteiger partial charge in [0.2, 0.25) is 5.71 Å². The summed E-state index contributed by atoms with van der Waals surface area (Å²) in [6.45, 7) is 0. The second kappa shape index (κ2) is 4.53. The molecule has 0 unspecified atom stereocenters. The summed E-state index contributed by atoms with van der Waals surface area (Å²) < 4.78 is 18.7. The minimum Gasteiger partial charge on any atom is -0.436 e. The van der Waals surface area contributed by atoms with E-state index in [1.807, 2.05) is 24.3 Å². The highest BCUT2D eigenvalue weighted by atomic mass is 35.5. The van der Waals surface area contributed by atoms with Crippen molar-refractivity contribution in [2.24, 2.45) is 0 Å². The molecule has 2 aromatic carbocycles. The van der Waals surface area contributed by atoms with Crippen molar-refractivity contribution < 1.29 is 8.81 Å². The Hall–Kier alpha value is -2.46. The van der Waals surface area contributed by atoms with E-state index < -0.39 is 0 Å². The lowest BCUT2D eigenvalue weighted by Gasteiger charge is -2.02. The standard InChI is InChI=1S/C16H8ClFN2O/c17-15-13(9-5-7-10(18)8-6-9)20-16-14(19-15)11-3-1-2-4-12(11)21-16/h1-8H. The topological polar surface area (TPSA) is 38.9 Å². The van der Waals surface area contributed by atoms with E-state index >= 15 is 0 Å². The van der Waals surface area contributed by atoms with Gasteiger partial charge in [0, 0.05) is 10.9 Å². The minimum absolute atomic E-state index is 0.265. The molecule has 0 saturated heterocycles. The van der Waals surface area contributed by atoms with Crippen molar-refractivity contribution in [2.45, 2.75) is 0 Å². The minimum atomic E-state index is -0.312. The number of furan rings is 1. The molecule has 0 N–H and O–H groups in total. The number of halogens is 2. The molecule has 102 valence electrons. The summed E-state index contributed by atoms with van der Waals surface area (Å²) in [7, 11) is 0. The predicted octanol–water partition coefficient (Wildman–Crippen LogP) is 4.84. The molecule has 4 aromatic rings. The largest absolute Gasteiger partial charge is 0.436 e. The van der Waals surface area contributed by atoms with Crippen molar-refractivity contribution >= 4 is 33.8 Å². The Bertz CT molecular complexity index is 963. The van der Waals surface area contributed by atoms with Crippen LogP contribution in [0.5, 0.6) is 0 Å². The summed E-state index contributed by atoms with van der Waals surface area (Å²) in [5, 5.41) is 1.13. The molecule has 0 saturated carbocycles. The third-order valence-electron chi connectivity index (χ3n) is 3.29. The first-order valence-corrected chi connectivity index (χ1v) is 6.71. The predicted molar refractivity (Wildman–Crippen MR) is 79.7 cm³/mol. The number of fused-ring (bicyclic) bond motifs is 3. The molecule has 0 bridgehead atoms. The Labute approximate surface area is 124 Å². The van der Waals surface area contributed by atoms with Gasteiger partial charge < -0.3 is 4.42 Å². The molecule has 0 amide bonds. The summed E-state index contributed by atoms with van der Waals surface area (Å²) in [6, 6.07) is 13.5. The third-order valence-corrected chi connectivity index (χ3v) is 3.55. The molecule has 0 aliphatic carbocycles. The summed E-state index contributed by atoms with van der Waals surface area (Å²) >= 11 is 6.23. The molecule has 21 heavy (non-hydrogen) atoms. The zero-order chi connectivity index (χ0) is 14.4. The van der Waals surface area contributed by atoms with Crippen molar-refractivity contribution in [2.75, 3.05) is 0 Å². The first-order valence-electron chi connectivity index (χ1n) is 6.33. The molecule has 0 spiro atoms. The number of benzene rings is 2. The lowest BCUT2D eigenvalue weighted by atomic mass is 10.1. The number of aromatic nitrogens is 2. The number of para-hydroxylation sites is 1. The lowest BCUT2D eigenvalue weighted by molar-refractivity contribution is 0.628. The average molecular weight is 299 g/mol. The maximum Gasteiger partial charge on any atom is 0.247 e. The van der Waals surface area contributed by atoms with E-state index in [0.717, 1.165) is 5.39 Å². The SMILES string of the molecule is Fc1ccc(-c2nc3oc4ccccc4c3nc2Cl)cc1. The van der Waals surface area contributed by atoms with Crippen molar-refractivity contribution in [3.05, 3.63) is 59.5 Å². The number of rotatable bonds is 1. The smallest absolute Gasteiger partial charge is 0.247 e. The van der Waals surface area contributed by atoms with Crippen LogP contribution in [0.25, 0.3) is 33.5 Å². The van der Waals surface area contributed by atoms with Crippen LogP contribution in [0.4, 0.5) is 4.39 Å². The highest BCUT2D eigenvalue weighted by Crippen LogP contribution is 2.31. The number of hydrogen-bond acceptors (Lipinski definition) is 3. The Kier molecular flexibility index (Phi) is 2.65. The van der Waals surface area contributed by atoms with E-state index in [4.69, 9.17) is 16.0 Å². The zero-order valence-electron chi connectivity index (χ0n) is 10.7. The van der Waals surface area contributed by atoms with Gasteiger partial charge in [-0.25, -0.2) is 14.4 Å². The normalized spacial score (nSPS) is 11.3. The van der Waals surface area contributed by atoms with E-state index in [2.05, 4.69) is 9.97 Å². The fraction of sp³-hybridized carbons (Fsp3) is 0. The van der Waals surface area contributed by atoms with E-state index in [9.17, 15) is 4.39 Å². The molecular weight excluding hydrogens is 291 g/mol. The fourth-order valence-corrected chi connectivity index (χ4v) is 2.53. The van der Waals surface area contributed by atoms with Crippen molar-refractivity contribution in [3.63, 3.8) is 0 Å². The van der Waals surface area contributed by atoms with Crippen molar-refractivity contribution in [1.82, 2.24) is 9.97 Å². The maximum absolute atomic E-state index is 13.0. The van der Waals surface area contributed by atoms with Crippen molar-refractivity contribution in [1.29, 1.82) is 0 Å². The molecule has 0 radical (unpaired) electrons. The van der Waals surface area contributed by atoms with Gasteiger partial charge >= 0.3 is 0 Å². The van der Waals surface area contributed by atoms with E-state index in [1.54, 1.807) is 12.1 Å². The van der Waals surface area contributed by atoms with Crippen LogP contribution >= 0.6 is 11.6 Å². The third kappa shape index (κ3) is 1.96. The van der Waals surface area contributed by atoms with Crippen LogP contribution < -0.4 is 0 Å². The van der Waals surface area contributed by atoms with Crippen LogP contribution in [0.1, 0.15) is 0 Å². The van der Waals surface area contributed by atoms with E-state index in [-0.39, 0.29) is 11.0 Å². The van der Waals surface area contributed by atoms with Gasteiger partial charge in [0.05, 0.1) is 0 Å². The molecule has 0 aliphatic heterocycles. The monoisotopic (exact) mass is 298 g/mol. The summed E-state index contributed by atoms with van der Waals surface area (Å²) in [6.07, 6.45) is 0. The van der Waals surface area contributed by atoms with Gasteiger partial charge in [0.1, 0.15) is 22.6 Å². The molecular formula is C16H8ClFN2O. The van der Waals surface area contributed by atoms with Crippen LogP contribution in [0.2, 0.25) is 5.15 Å². The van der Waals surface area contributed by atoms with Crippen LogP contribution in [0, 0.1) is 5.82 Å². The molecule has 2 heterocycles. The van der Waals surface area contributed by atoms with Gasteiger partial charge in [-0.15, -0.1) is 0 Å². The van der Waals surface area contributed by atoms with Gasteiger partial charge in [-0.1, -0.05) is 23.7 Å². The molecule has 4 rings (SSSR count). The molecule has 2 aromatic heterocycles. The van der Waals surface area contributed by atoms with E-state index in [1.165, 1.54) is 12.1 Å². The van der Waals surface area contributed by atoms with Gasteiger partial charge in [0.25, 0.3) is 0 Å². The second-order valence-corrected chi connectivity index (χ2v) is 4.98. The molecule has 3 nitrogen and oxygen atoms in total. The first kappa shape index (κ1) is 12.3. The Morgan fingerprint density at radius 1 is 0.952 bits per heavy atom. The quantitative estimate of drug-likeness (QED) is 0.505. The van der Waals surface area contributed by atoms with Crippen LogP contribution in [0.3, 0.4) is 0 Å². The van der Waals surface area contributed by atoms with Gasteiger partial charge in [-0.3, -0.25) is 0 Å². The van der Waals surface area contributed by atoms with Gasteiger partial charge in [-0.2, -0.15) is 0 Å². The van der Waals surface area contributed by atoms with Crippen LogP contribution in [-0.4, -0.2) is 9.97 Å². The Morgan fingerprint density at radius 2 is 1.71 bits per heavy atom. The summed E-state index contributed by atoms with van der Waals surface area (Å²) in [5.74, 6) is -0.312. The Morgan fingerprint density at radius 3 is 2.52 bits per heavy atom. The molecule has 5 heteroatoms. The number of hydrogen-bond donors (Lipinski definition) is 0. The molecule has 0 aliphatic rings. The highest BCUT2D eigenvalue weighted by Gasteiger charge is 2.14. The molecule has 0 atom stereocenters. The maximum atomic E-state index is 13.0. The highest BCUT2D eigenvalue weighted by molar-refractivity contribution is 6.32. The zero-order valence-corrected chi connectivity index (χ0v) is 11.4.